The summed E-state index contributed by atoms with van der Waals surface area (Å²) in [7, 11) is 0. The number of aromatic nitrogens is 1. The van der Waals surface area contributed by atoms with E-state index in [1.165, 1.54) is 0 Å². The van der Waals surface area contributed by atoms with Crippen molar-refractivity contribution in [2.75, 3.05) is 0 Å². The quantitative estimate of drug-likeness (QED) is 0.917. The molecule has 3 rings (SSSR count). The molecular formula is C17H16Cl2N2O. The first-order chi connectivity index (χ1) is 10.7. The fraction of sp³-hybridized carbons (Fsp3) is 0.294. The Morgan fingerprint density at radius 2 is 2.14 bits per heavy atom. The lowest BCUT2D eigenvalue weighted by atomic mass is 9.85. The van der Waals surface area contributed by atoms with Gasteiger partial charge in [-0.2, -0.15) is 0 Å². The van der Waals surface area contributed by atoms with Crippen molar-refractivity contribution in [2.45, 2.75) is 31.7 Å². The number of aryl methyl sites for hydroxylation is 1. The summed E-state index contributed by atoms with van der Waals surface area (Å²) in [4.78, 5) is 16.9. The smallest absolute Gasteiger partial charge is 0.227 e. The van der Waals surface area contributed by atoms with Gasteiger partial charge >= 0.3 is 0 Å². The molecule has 1 N–H and O–H groups in total. The second kappa shape index (κ2) is 6.67. The van der Waals surface area contributed by atoms with Crippen molar-refractivity contribution in [2.24, 2.45) is 0 Å². The number of carbonyl (C=O) groups excluding carboxylic acids is 1. The SMILES string of the molecule is O=C(NCc1cccc(Cl)c1Cl)[C@H]1CCCc2ncccc21. The topological polar surface area (TPSA) is 42.0 Å². The van der Waals surface area contributed by atoms with Gasteiger partial charge < -0.3 is 5.32 Å². The summed E-state index contributed by atoms with van der Waals surface area (Å²) in [5.41, 5.74) is 2.91. The summed E-state index contributed by atoms with van der Waals surface area (Å²) in [6.07, 6.45) is 4.57. The molecule has 22 heavy (non-hydrogen) atoms. The Labute approximate surface area is 139 Å². The van der Waals surface area contributed by atoms with E-state index >= 15 is 0 Å². The number of rotatable bonds is 3. The van der Waals surface area contributed by atoms with Crippen LogP contribution in [0.2, 0.25) is 10.0 Å². The molecule has 0 bridgehead atoms. The van der Waals surface area contributed by atoms with Crippen LogP contribution in [0.1, 0.15) is 35.6 Å². The maximum atomic E-state index is 12.5. The molecule has 1 atom stereocenters. The molecular weight excluding hydrogens is 319 g/mol. The Hall–Kier alpha value is -1.58. The molecule has 1 aliphatic carbocycles. The molecule has 1 aromatic heterocycles. The van der Waals surface area contributed by atoms with Crippen molar-refractivity contribution >= 4 is 29.1 Å². The van der Waals surface area contributed by atoms with Gasteiger partial charge in [-0.15, -0.1) is 0 Å². The van der Waals surface area contributed by atoms with Crippen LogP contribution >= 0.6 is 23.2 Å². The van der Waals surface area contributed by atoms with Crippen LogP contribution in [0.25, 0.3) is 0 Å². The molecule has 2 aromatic rings. The van der Waals surface area contributed by atoms with E-state index in [4.69, 9.17) is 23.2 Å². The third-order valence-electron chi connectivity index (χ3n) is 4.01. The van der Waals surface area contributed by atoms with Crippen LogP contribution in [0.15, 0.2) is 36.5 Å². The summed E-state index contributed by atoms with van der Waals surface area (Å²) in [5.74, 6) is -0.111. The van der Waals surface area contributed by atoms with Crippen molar-refractivity contribution in [3.63, 3.8) is 0 Å². The van der Waals surface area contributed by atoms with E-state index in [0.29, 0.717) is 16.6 Å². The highest BCUT2D eigenvalue weighted by Gasteiger charge is 2.26. The van der Waals surface area contributed by atoms with Crippen LogP contribution in [-0.2, 0) is 17.8 Å². The first-order valence-corrected chi connectivity index (χ1v) is 8.07. The minimum absolute atomic E-state index is 0.0185. The van der Waals surface area contributed by atoms with Gasteiger partial charge in [-0.3, -0.25) is 9.78 Å². The molecule has 0 saturated heterocycles. The highest BCUT2D eigenvalue weighted by molar-refractivity contribution is 6.42. The molecule has 0 unspecified atom stereocenters. The largest absolute Gasteiger partial charge is 0.351 e. The predicted molar refractivity (Wildman–Crippen MR) is 88.2 cm³/mol. The van der Waals surface area contributed by atoms with Crippen LogP contribution in [0, 0.1) is 0 Å². The predicted octanol–water partition coefficient (Wildman–Crippen LogP) is 4.12. The van der Waals surface area contributed by atoms with Crippen LogP contribution in [-0.4, -0.2) is 10.9 Å². The summed E-state index contributed by atoms with van der Waals surface area (Å²) < 4.78 is 0. The first kappa shape index (κ1) is 15.3. The summed E-state index contributed by atoms with van der Waals surface area (Å²) in [6.45, 7) is 0.379. The third kappa shape index (κ3) is 3.11. The summed E-state index contributed by atoms with van der Waals surface area (Å²) in [5, 5.41) is 3.96. The van der Waals surface area contributed by atoms with Crippen molar-refractivity contribution in [1.82, 2.24) is 10.3 Å². The number of fused-ring (bicyclic) bond motifs is 1. The fourth-order valence-corrected chi connectivity index (χ4v) is 3.26. The molecule has 5 heteroatoms. The number of benzene rings is 1. The average Bonchev–Trinajstić information content (AvgIpc) is 2.55. The van der Waals surface area contributed by atoms with E-state index < -0.39 is 0 Å². The maximum absolute atomic E-state index is 12.5. The van der Waals surface area contributed by atoms with Gasteiger partial charge in [0.2, 0.25) is 5.91 Å². The molecule has 0 aliphatic heterocycles. The number of nitrogens with one attached hydrogen (secondary N) is 1. The van der Waals surface area contributed by atoms with Crippen molar-refractivity contribution in [3.05, 3.63) is 63.4 Å². The van der Waals surface area contributed by atoms with Crippen LogP contribution in [0.5, 0.6) is 0 Å². The highest BCUT2D eigenvalue weighted by Crippen LogP contribution is 2.31. The maximum Gasteiger partial charge on any atom is 0.227 e. The molecule has 1 heterocycles. The van der Waals surface area contributed by atoms with Gasteiger partial charge in [0, 0.05) is 18.4 Å². The van der Waals surface area contributed by atoms with Crippen LogP contribution in [0.3, 0.4) is 0 Å². The first-order valence-electron chi connectivity index (χ1n) is 7.31. The lowest BCUT2D eigenvalue weighted by molar-refractivity contribution is -0.123. The molecule has 1 amide bonds. The molecule has 0 spiro atoms. The van der Waals surface area contributed by atoms with Gasteiger partial charge in [-0.05, 0) is 42.5 Å². The van der Waals surface area contributed by atoms with Gasteiger partial charge in [0.1, 0.15) is 0 Å². The minimum atomic E-state index is -0.129. The zero-order valence-corrected chi connectivity index (χ0v) is 13.5. The van der Waals surface area contributed by atoms with Crippen molar-refractivity contribution in [3.8, 4) is 0 Å². The van der Waals surface area contributed by atoms with E-state index in [-0.39, 0.29) is 11.8 Å². The van der Waals surface area contributed by atoms with E-state index in [1.807, 2.05) is 24.3 Å². The Balaban J connectivity index is 1.72. The highest BCUT2D eigenvalue weighted by atomic mass is 35.5. The minimum Gasteiger partial charge on any atom is -0.351 e. The Morgan fingerprint density at radius 3 is 3.00 bits per heavy atom. The van der Waals surface area contributed by atoms with Gasteiger partial charge in [-0.1, -0.05) is 41.4 Å². The van der Waals surface area contributed by atoms with Gasteiger partial charge in [0.25, 0.3) is 0 Å². The number of hydrogen-bond donors (Lipinski definition) is 1. The second-order valence-electron chi connectivity index (χ2n) is 5.41. The number of hydrogen-bond acceptors (Lipinski definition) is 2. The summed E-state index contributed by atoms with van der Waals surface area (Å²) in [6, 6.07) is 9.31. The molecule has 0 saturated carbocycles. The average molecular weight is 335 g/mol. The molecule has 1 aliphatic rings. The second-order valence-corrected chi connectivity index (χ2v) is 6.20. The third-order valence-corrected chi connectivity index (χ3v) is 4.87. The van der Waals surface area contributed by atoms with Gasteiger partial charge in [-0.25, -0.2) is 0 Å². The number of carbonyl (C=O) groups is 1. The lowest BCUT2D eigenvalue weighted by Gasteiger charge is -2.23. The number of halogens is 2. The lowest BCUT2D eigenvalue weighted by Crippen LogP contribution is -2.31. The Morgan fingerprint density at radius 1 is 1.27 bits per heavy atom. The Kier molecular flexibility index (Phi) is 4.65. The van der Waals surface area contributed by atoms with Crippen LogP contribution < -0.4 is 5.32 Å². The summed E-state index contributed by atoms with van der Waals surface area (Å²) >= 11 is 12.1. The molecule has 114 valence electrons. The zero-order chi connectivity index (χ0) is 15.5. The zero-order valence-electron chi connectivity index (χ0n) is 12.0. The number of amides is 1. The number of nitrogens with zero attached hydrogens (tertiary/aromatic N) is 1. The molecule has 0 fully saturated rings. The van der Waals surface area contributed by atoms with E-state index in [0.717, 1.165) is 36.1 Å². The van der Waals surface area contributed by atoms with Crippen molar-refractivity contribution in [1.29, 1.82) is 0 Å². The van der Waals surface area contributed by atoms with E-state index in [9.17, 15) is 4.79 Å². The van der Waals surface area contributed by atoms with Crippen molar-refractivity contribution < 1.29 is 4.79 Å². The fourth-order valence-electron chi connectivity index (χ4n) is 2.87. The van der Waals surface area contributed by atoms with E-state index in [2.05, 4.69) is 10.3 Å². The molecule has 0 radical (unpaired) electrons. The molecule has 3 nitrogen and oxygen atoms in total. The Bertz CT molecular complexity index is 703. The monoisotopic (exact) mass is 334 g/mol. The molecule has 1 aromatic carbocycles. The number of pyridine rings is 1. The standard InChI is InChI=1S/C17H16Cl2N2O/c18-14-7-1-4-11(16(14)19)10-21-17(22)13-5-2-8-15-12(13)6-3-9-20-15/h1,3-4,6-7,9,13H,2,5,8,10H2,(H,21,22)/t13-/m0/s1. The van der Waals surface area contributed by atoms with Crippen LogP contribution in [0.4, 0.5) is 0 Å². The van der Waals surface area contributed by atoms with Gasteiger partial charge in [0.15, 0.2) is 0 Å². The van der Waals surface area contributed by atoms with Gasteiger partial charge in [0.05, 0.1) is 16.0 Å². The normalized spacial score (nSPS) is 16.9. The van der Waals surface area contributed by atoms with E-state index in [1.54, 1.807) is 12.3 Å².